The fraction of sp³-hybridized carbons (Fsp3) is 0.0370. The van der Waals surface area contributed by atoms with Gasteiger partial charge in [0.2, 0.25) is 0 Å². The van der Waals surface area contributed by atoms with Crippen molar-refractivity contribution in [3.63, 3.8) is 0 Å². The Morgan fingerprint density at radius 3 is 1.81 bits per heavy atom. The Bertz CT molecular complexity index is 1220. The molecule has 0 atom stereocenters. The highest BCUT2D eigenvalue weighted by Gasteiger charge is 2.13. The highest BCUT2D eigenvalue weighted by molar-refractivity contribution is 5.83. The van der Waals surface area contributed by atoms with Gasteiger partial charge in [-0.05, 0) is 31.2 Å². The minimum Gasteiger partial charge on any atom is -0.264 e. The molecule has 0 fully saturated rings. The molecule has 4 nitrogen and oxygen atoms in total. The summed E-state index contributed by atoms with van der Waals surface area (Å²) in [6.07, 6.45) is 8.61. The number of nitrogens with zero attached hydrogens (tertiary/aromatic N) is 4. The first kappa shape index (κ1) is 21.0. The van der Waals surface area contributed by atoms with Crippen LogP contribution in [0, 0.1) is 5.82 Å². The Morgan fingerprint density at radius 2 is 1.25 bits per heavy atom. The van der Waals surface area contributed by atoms with Crippen LogP contribution in [0.4, 0.5) is 4.39 Å². The van der Waals surface area contributed by atoms with Crippen LogP contribution in [0.15, 0.2) is 108 Å². The Morgan fingerprint density at radius 1 is 0.688 bits per heavy atom. The van der Waals surface area contributed by atoms with Crippen molar-refractivity contribution >= 4 is 6.21 Å². The number of rotatable bonds is 6. The van der Waals surface area contributed by atoms with E-state index in [2.05, 4.69) is 19.9 Å². The number of benzene rings is 3. The second-order valence-corrected chi connectivity index (χ2v) is 6.92. The van der Waals surface area contributed by atoms with Gasteiger partial charge in [0.25, 0.3) is 0 Å². The van der Waals surface area contributed by atoms with Crippen molar-refractivity contribution in [2.45, 2.75) is 6.92 Å². The molecule has 0 unspecified atom stereocenters. The van der Waals surface area contributed by atoms with E-state index in [9.17, 15) is 4.39 Å². The van der Waals surface area contributed by atoms with Crippen LogP contribution in [0.3, 0.4) is 0 Å². The van der Waals surface area contributed by atoms with E-state index in [0.29, 0.717) is 28.6 Å². The van der Waals surface area contributed by atoms with Gasteiger partial charge in [0.1, 0.15) is 5.82 Å². The van der Waals surface area contributed by atoms with Gasteiger partial charge in [-0.15, -0.1) is 0 Å². The fourth-order valence-electron chi connectivity index (χ4n) is 3.05. The van der Waals surface area contributed by atoms with E-state index >= 15 is 0 Å². The molecular weight excluding hydrogens is 399 g/mol. The molecule has 0 saturated carbocycles. The molecular formula is C27H21FN4. The summed E-state index contributed by atoms with van der Waals surface area (Å²) in [5, 5.41) is 0. The first-order chi connectivity index (χ1) is 15.7. The lowest BCUT2D eigenvalue weighted by molar-refractivity contribution is 0.626. The van der Waals surface area contributed by atoms with E-state index < -0.39 is 0 Å². The summed E-state index contributed by atoms with van der Waals surface area (Å²) in [7, 11) is 0. The quantitative estimate of drug-likeness (QED) is 0.263. The highest BCUT2D eigenvalue weighted by atomic mass is 19.1. The minimum atomic E-state index is -0.363. The van der Waals surface area contributed by atoms with Crippen LogP contribution in [-0.4, -0.2) is 21.2 Å². The van der Waals surface area contributed by atoms with Crippen molar-refractivity contribution in [2.24, 2.45) is 4.99 Å². The predicted octanol–water partition coefficient (Wildman–Crippen LogP) is 6.52. The summed E-state index contributed by atoms with van der Waals surface area (Å²) in [5.41, 5.74) is 2.80. The monoisotopic (exact) mass is 420 g/mol. The molecule has 0 spiro atoms. The van der Waals surface area contributed by atoms with Gasteiger partial charge in [0.15, 0.2) is 17.5 Å². The van der Waals surface area contributed by atoms with Crippen LogP contribution in [0.25, 0.3) is 34.2 Å². The van der Waals surface area contributed by atoms with E-state index in [1.54, 1.807) is 24.4 Å². The lowest BCUT2D eigenvalue weighted by Gasteiger charge is -2.09. The molecule has 1 aromatic heterocycles. The molecule has 0 bridgehead atoms. The van der Waals surface area contributed by atoms with Gasteiger partial charge in [0.05, 0.1) is 0 Å². The van der Waals surface area contributed by atoms with Gasteiger partial charge < -0.3 is 0 Å². The lowest BCUT2D eigenvalue weighted by Crippen LogP contribution is -2.01. The zero-order valence-electron chi connectivity index (χ0n) is 17.6. The molecule has 0 radical (unpaired) electrons. The Labute approximate surface area is 186 Å². The topological polar surface area (TPSA) is 51.0 Å². The Kier molecular flexibility index (Phi) is 6.68. The molecule has 4 rings (SSSR count). The molecule has 0 aliphatic heterocycles. The van der Waals surface area contributed by atoms with Crippen LogP contribution in [0.2, 0.25) is 0 Å². The summed E-state index contributed by atoms with van der Waals surface area (Å²) in [6.45, 7) is 1.92. The van der Waals surface area contributed by atoms with Crippen molar-refractivity contribution in [3.05, 3.63) is 115 Å². The maximum absolute atomic E-state index is 14.4. The van der Waals surface area contributed by atoms with Gasteiger partial charge >= 0.3 is 0 Å². The third-order valence-corrected chi connectivity index (χ3v) is 4.64. The summed E-state index contributed by atoms with van der Waals surface area (Å²) in [5.74, 6) is 1.22. The van der Waals surface area contributed by atoms with Gasteiger partial charge in [-0.1, -0.05) is 72.8 Å². The molecule has 0 saturated heterocycles. The zero-order chi connectivity index (χ0) is 22.2. The standard InChI is InChI=1S/C27H21FN4/c1-2-3-10-17-29-19-23-18-22(15-16-24(23)28)27-31-25(20-11-6-4-7-12-20)30-26(32-27)21-13-8-5-9-14-21/h2-19H,1H3/b3-2-,17-10-,29-19+. The molecule has 5 heteroatoms. The number of hydrogen-bond donors (Lipinski definition) is 0. The van der Waals surface area contributed by atoms with Crippen molar-refractivity contribution in [1.82, 2.24) is 15.0 Å². The summed E-state index contributed by atoms with van der Waals surface area (Å²) < 4.78 is 14.4. The number of allylic oxidation sites excluding steroid dienone is 3. The van der Waals surface area contributed by atoms with E-state index in [-0.39, 0.29) is 5.82 Å². The summed E-state index contributed by atoms with van der Waals surface area (Å²) in [6, 6.07) is 24.2. The normalized spacial score (nSPS) is 11.7. The second-order valence-electron chi connectivity index (χ2n) is 6.92. The molecule has 156 valence electrons. The van der Waals surface area contributed by atoms with Crippen molar-refractivity contribution in [1.29, 1.82) is 0 Å². The van der Waals surface area contributed by atoms with Crippen LogP contribution in [0.5, 0.6) is 0 Å². The molecule has 4 aromatic rings. The molecule has 32 heavy (non-hydrogen) atoms. The Balaban J connectivity index is 1.80. The van der Waals surface area contributed by atoms with Gasteiger partial charge in [-0.3, -0.25) is 4.99 Å². The van der Waals surface area contributed by atoms with Crippen LogP contribution >= 0.6 is 0 Å². The number of aliphatic imine (C=N–C) groups is 1. The van der Waals surface area contributed by atoms with Crippen molar-refractivity contribution in [2.75, 3.05) is 0 Å². The number of aromatic nitrogens is 3. The van der Waals surface area contributed by atoms with Gasteiger partial charge in [0, 0.05) is 34.7 Å². The average Bonchev–Trinajstić information content (AvgIpc) is 2.86. The van der Waals surface area contributed by atoms with Gasteiger partial charge in [-0.25, -0.2) is 19.3 Å². The third kappa shape index (κ3) is 5.08. The van der Waals surface area contributed by atoms with Crippen LogP contribution < -0.4 is 0 Å². The summed E-state index contributed by atoms with van der Waals surface area (Å²) in [4.78, 5) is 18.2. The summed E-state index contributed by atoms with van der Waals surface area (Å²) >= 11 is 0. The molecule has 0 N–H and O–H groups in total. The molecule has 1 heterocycles. The first-order valence-corrected chi connectivity index (χ1v) is 10.2. The molecule has 0 aliphatic rings. The number of halogens is 1. The van der Waals surface area contributed by atoms with E-state index in [0.717, 1.165) is 11.1 Å². The minimum absolute atomic E-state index is 0.357. The van der Waals surface area contributed by atoms with E-state index in [1.807, 2.05) is 79.7 Å². The van der Waals surface area contributed by atoms with Crippen molar-refractivity contribution < 1.29 is 4.39 Å². The second kappa shape index (κ2) is 10.2. The fourth-order valence-corrected chi connectivity index (χ4v) is 3.05. The SMILES string of the molecule is C\C=C/C=C\N=C\c1cc(-c2nc(-c3ccccc3)nc(-c3ccccc3)n2)ccc1F. The third-order valence-electron chi connectivity index (χ3n) is 4.64. The zero-order valence-corrected chi connectivity index (χ0v) is 17.6. The smallest absolute Gasteiger partial charge is 0.164 e. The molecule has 0 amide bonds. The van der Waals surface area contributed by atoms with Crippen LogP contribution in [-0.2, 0) is 0 Å². The largest absolute Gasteiger partial charge is 0.264 e. The van der Waals surface area contributed by atoms with Crippen molar-refractivity contribution in [3.8, 4) is 34.2 Å². The average molecular weight is 420 g/mol. The maximum atomic E-state index is 14.4. The van der Waals surface area contributed by atoms with Crippen LogP contribution in [0.1, 0.15) is 12.5 Å². The number of hydrogen-bond acceptors (Lipinski definition) is 4. The Hall–Kier alpha value is -4.25. The predicted molar refractivity (Wildman–Crippen MR) is 128 cm³/mol. The molecule has 0 aliphatic carbocycles. The van der Waals surface area contributed by atoms with E-state index in [4.69, 9.17) is 0 Å². The molecule has 3 aromatic carbocycles. The van der Waals surface area contributed by atoms with E-state index in [1.165, 1.54) is 12.3 Å². The lowest BCUT2D eigenvalue weighted by atomic mass is 10.1. The maximum Gasteiger partial charge on any atom is 0.164 e. The van der Waals surface area contributed by atoms with Gasteiger partial charge in [-0.2, -0.15) is 0 Å². The first-order valence-electron chi connectivity index (χ1n) is 10.2. The highest BCUT2D eigenvalue weighted by Crippen LogP contribution is 2.25.